The van der Waals surface area contributed by atoms with Crippen molar-refractivity contribution >= 4 is 6.71 Å². The van der Waals surface area contributed by atoms with Gasteiger partial charge in [0.1, 0.15) is 6.71 Å². The van der Waals surface area contributed by atoms with Crippen molar-refractivity contribution in [3.63, 3.8) is 0 Å². The molecule has 3 rings (SSSR count). The molecule has 2 aliphatic heterocycles. The van der Waals surface area contributed by atoms with Crippen molar-refractivity contribution in [3.05, 3.63) is 0 Å². The Hall–Kier alpha value is 0.0649. The van der Waals surface area contributed by atoms with Crippen LogP contribution in [-0.2, 0) is 0 Å². The molecule has 0 aromatic carbocycles. The zero-order chi connectivity index (χ0) is 10.3. The minimum Gasteiger partial charge on any atom is -0.0629 e. The summed E-state index contributed by atoms with van der Waals surface area (Å²) in [6, 6.07) is 0. The van der Waals surface area contributed by atoms with Crippen LogP contribution in [0.1, 0.15) is 64.7 Å². The molecule has 2 bridgehead atoms. The molecule has 2 heterocycles. The fourth-order valence-corrected chi connectivity index (χ4v) is 5.13. The summed E-state index contributed by atoms with van der Waals surface area (Å²) in [6.07, 6.45) is 14.0. The lowest BCUT2D eigenvalue weighted by molar-refractivity contribution is 0.548. The molecule has 0 aromatic heterocycles. The van der Waals surface area contributed by atoms with Gasteiger partial charge in [0.05, 0.1) is 0 Å². The predicted molar refractivity (Wildman–Crippen MR) is 67.7 cm³/mol. The fraction of sp³-hybridized carbons (Fsp3) is 1.00. The first kappa shape index (κ1) is 10.2. The van der Waals surface area contributed by atoms with Crippen LogP contribution in [-0.4, -0.2) is 6.71 Å². The smallest absolute Gasteiger partial charge is 0.0629 e. The molecule has 0 aromatic rings. The van der Waals surface area contributed by atoms with Crippen molar-refractivity contribution in [2.45, 2.75) is 82.2 Å². The van der Waals surface area contributed by atoms with E-state index in [2.05, 4.69) is 6.92 Å². The summed E-state index contributed by atoms with van der Waals surface area (Å²) >= 11 is 0. The van der Waals surface area contributed by atoms with Gasteiger partial charge in [0, 0.05) is 0 Å². The van der Waals surface area contributed by atoms with E-state index in [1.165, 1.54) is 12.8 Å². The van der Waals surface area contributed by atoms with E-state index in [-0.39, 0.29) is 0 Å². The predicted octanol–water partition coefficient (Wildman–Crippen LogP) is 4.78. The van der Waals surface area contributed by atoms with Crippen LogP contribution in [0, 0.1) is 5.92 Å². The summed E-state index contributed by atoms with van der Waals surface area (Å²) < 4.78 is 0. The molecule has 2 saturated heterocycles. The first-order valence-electron chi connectivity index (χ1n) is 7.36. The molecule has 0 unspecified atom stereocenters. The van der Waals surface area contributed by atoms with Crippen molar-refractivity contribution in [3.8, 4) is 0 Å². The molecule has 15 heavy (non-hydrogen) atoms. The van der Waals surface area contributed by atoms with Gasteiger partial charge in [-0.2, -0.15) is 0 Å². The molecule has 1 heteroatoms. The van der Waals surface area contributed by atoms with E-state index in [1.807, 2.05) is 0 Å². The highest BCUT2D eigenvalue weighted by molar-refractivity contribution is 6.64. The highest BCUT2D eigenvalue weighted by Gasteiger charge is 2.46. The van der Waals surface area contributed by atoms with Gasteiger partial charge in [-0.1, -0.05) is 82.2 Å². The molecule has 1 aliphatic carbocycles. The molecule has 3 fully saturated rings. The van der Waals surface area contributed by atoms with Crippen LogP contribution in [0.5, 0.6) is 0 Å². The number of rotatable bonds is 1. The second-order valence-corrected chi connectivity index (χ2v) is 6.53. The normalized spacial score (nSPS) is 45.8. The first-order chi connectivity index (χ1) is 7.36. The standard InChI is InChI=1S/C14H25B/c1-11-5-4-8-14(11)15-12-6-2-3-7-13(15)10-9-12/h11-14H,2-10H2,1H3/t11-,12-,13+,14-/m1/s1. The van der Waals surface area contributed by atoms with Gasteiger partial charge in [0.15, 0.2) is 0 Å². The molecule has 0 N–H and O–H groups in total. The van der Waals surface area contributed by atoms with Crippen molar-refractivity contribution in [1.29, 1.82) is 0 Å². The van der Waals surface area contributed by atoms with Crippen LogP contribution in [0.4, 0.5) is 0 Å². The first-order valence-corrected chi connectivity index (χ1v) is 7.36. The Kier molecular flexibility index (Phi) is 2.83. The van der Waals surface area contributed by atoms with Crippen molar-refractivity contribution < 1.29 is 0 Å². The van der Waals surface area contributed by atoms with Gasteiger partial charge in [-0.3, -0.25) is 0 Å². The van der Waals surface area contributed by atoms with Gasteiger partial charge in [-0.05, 0) is 5.92 Å². The number of fused-ring (bicyclic) bond motifs is 2. The summed E-state index contributed by atoms with van der Waals surface area (Å²) in [5, 5.41) is 0. The summed E-state index contributed by atoms with van der Waals surface area (Å²) in [6.45, 7) is 3.69. The number of hydrogen-bond donors (Lipinski definition) is 0. The Morgan fingerprint density at radius 3 is 1.93 bits per heavy atom. The zero-order valence-corrected chi connectivity index (χ0v) is 10.3. The van der Waals surface area contributed by atoms with Crippen molar-refractivity contribution in [2.24, 2.45) is 5.92 Å². The van der Waals surface area contributed by atoms with Crippen LogP contribution < -0.4 is 0 Å². The molecule has 3 aliphatic rings. The summed E-state index contributed by atoms with van der Waals surface area (Å²) in [4.78, 5) is 0. The van der Waals surface area contributed by atoms with Crippen LogP contribution in [0.3, 0.4) is 0 Å². The van der Waals surface area contributed by atoms with Gasteiger partial charge < -0.3 is 0 Å². The lowest BCUT2D eigenvalue weighted by atomic mass is 9.29. The van der Waals surface area contributed by atoms with Crippen molar-refractivity contribution in [1.82, 2.24) is 0 Å². The maximum Gasteiger partial charge on any atom is 0.149 e. The average molecular weight is 204 g/mol. The Bertz CT molecular complexity index is 211. The molecule has 0 nitrogen and oxygen atoms in total. The zero-order valence-electron chi connectivity index (χ0n) is 10.3. The molecule has 0 radical (unpaired) electrons. The fourth-order valence-electron chi connectivity index (χ4n) is 5.13. The second-order valence-electron chi connectivity index (χ2n) is 6.53. The van der Waals surface area contributed by atoms with Crippen molar-refractivity contribution in [2.75, 3.05) is 0 Å². The van der Waals surface area contributed by atoms with Crippen LogP contribution in [0.2, 0.25) is 17.5 Å². The third-order valence-electron chi connectivity index (χ3n) is 5.82. The minimum absolute atomic E-state index is 1.05. The Balaban J connectivity index is 1.78. The third-order valence-corrected chi connectivity index (χ3v) is 5.82. The monoisotopic (exact) mass is 204 g/mol. The molecule has 0 spiro atoms. The highest BCUT2D eigenvalue weighted by Crippen LogP contribution is 2.55. The summed E-state index contributed by atoms with van der Waals surface area (Å²) in [5.41, 5.74) is 0. The molecular weight excluding hydrogens is 179 g/mol. The van der Waals surface area contributed by atoms with Crippen LogP contribution >= 0.6 is 0 Å². The third kappa shape index (κ3) is 1.76. The maximum atomic E-state index is 2.53. The largest absolute Gasteiger partial charge is 0.149 e. The quantitative estimate of drug-likeness (QED) is 0.539. The Morgan fingerprint density at radius 1 is 0.733 bits per heavy atom. The molecule has 1 saturated carbocycles. The molecule has 4 atom stereocenters. The van der Waals surface area contributed by atoms with E-state index >= 15 is 0 Å². The van der Waals surface area contributed by atoms with Crippen LogP contribution in [0.25, 0.3) is 0 Å². The van der Waals surface area contributed by atoms with E-state index in [0.29, 0.717) is 0 Å². The van der Waals surface area contributed by atoms with Gasteiger partial charge >= 0.3 is 0 Å². The van der Waals surface area contributed by atoms with Gasteiger partial charge in [0.25, 0.3) is 0 Å². The van der Waals surface area contributed by atoms with Gasteiger partial charge in [0.2, 0.25) is 0 Å². The maximum absolute atomic E-state index is 2.53. The van der Waals surface area contributed by atoms with E-state index in [9.17, 15) is 0 Å². The van der Waals surface area contributed by atoms with E-state index in [1.54, 1.807) is 44.9 Å². The SMILES string of the molecule is C[C@@H]1CCC[C@H]1B1[C@@H]2CCCC[C@H]1CC2. The minimum atomic E-state index is 1.05. The Morgan fingerprint density at radius 2 is 1.40 bits per heavy atom. The molecular formula is C14H25B. The number of hydrogen-bond acceptors (Lipinski definition) is 0. The van der Waals surface area contributed by atoms with Gasteiger partial charge in [-0.25, -0.2) is 0 Å². The van der Waals surface area contributed by atoms with E-state index < -0.39 is 0 Å². The molecule has 0 amide bonds. The lowest BCUT2D eigenvalue weighted by Crippen LogP contribution is -2.27. The lowest BCUT2D eigenvalue weighted by Gasteiger charge is -2.28. The highest BCUT2D eigenvalue weighted by atomic mass is 14.3. The van der Waals surface area contributed by atoms with Crippen LogP contribution in [0.15, 0.2) is 0 Å². The second kappa shape index (κ2) is 4.15. The topological polar surface area (TPSA) is 0 Å². The van der Waals surface area contributed by atoms with E-state index in [0.717, 1.165) is 30.1 Å². The van der Waals surface area contributed by atoms with Gasteiger partial charge in [-0.15, -0.1) is 0 Å². The summed E-state index contributed by atoms with van der Waals surface area (Å²) in [5.74, 6) is 4.46. The average Bonchev–Trinajstić information content (AvgIpc) is 2.69. The summed E-state index contributed by atoms with van der Waals surface area (Å²) in [7, 11) is 0. The molecule has 84 valence electrons. The Labute approximate surface area is 95.3 Å². The van der Waals surface area contributed by atoms with E-state index in [4.69, 9.17) is 0 Å².